The minimum Gasteiger partial charge on any atom is -0.497 e. The van der Waals surface area contributed by atoms with Crippen LogP contribution in [-0.4, -0.2) is 40.1 Å². The summed E-state index contributed by atoms with van der Waals surface area (Å²) in [7, 11) is 1.60. The number of hydrogen-bond acceptors (Lipinski definition) is 5. The van der Waals surface area contributed by atoms with E-state index in [9.17, 15) is 14.9 Å². The van der Waals surface area contributed by atoms with Gasteiger partial charge in [0.05, 0.1) is 12.8 Å². The SMILES string of the molecule is CCCCN1C(=O)C(C#N)=C(C)/C(=C\c2cn(-c3ccccc3)nc2-c2cccc(OC)c2)C1=O. The van der Waals surface area contributed by atoms with Gasteiger partial charge in [-0.25, -0.2) is 4.68 Å². The Morgan fingerprint density at radius 1 is 1.09 bits per heavy atom. The fourth-order valence-corrected chi connectivity index (χ4v) is 4.01. The number of nitriles is 1. The van der Waals surface area contributed by atoms with Gasteiger partial charge in [-0.1, -0.05) is 43.7 Å². The van der Waals surface area contributed by atoms with Crippen LogP contribution in [0.5, 0.6) is 5.75 Å². The van der Waals surface area contributed by atoms with Gasteiger partial charge in [-0.2, -0.15) is 10.4 Å². The van der Waals surface area contributed by atoms with E-state index < -0.39 is 11.8 Å². The molecule has 7 heteroatoms. The molecule has 0 spiro atoms. The Morgan fingerprint density at radius 3 is 2.54 bits per heavy atom. The number of aromatic nitrogens is 2. The summed E-state index contributed by atoms with van der Waals surface area (Å²) in [6.07, 6.45) is 5.06. The Hall–Kier alpha value is -4.44. The first kappa shape index (κ1) is 23.7. The van der Waals surface area contributed by atoms with Gasteiger partial charge in [-0.3, -0.25) is 14.5 Å². The van der Waals surface area contributed by atoms with E-state index in [1.165, 1.54) is 4.90 Å². The second-order valence-corrected chi connectivity index (χ2v) is 8.23. The van der Waals surface area contributed by atoms with Crippen LogP contribution in [0.15, 0.2) is 77.5 Å². The van der Waals surface area contributed by atoms with Crippen LogP contribution in [0.1, 0.15) is 32.3 Å². The molecule has 0 radical (unpaired) electrons. The van der Waals surface area contributed by atoms with Crippen molar-refractivity contribution in [3.8, 4) is 28.8 Å². The molecule has 0 aliphatic carbocycles. The van der Waals surface area contributed by atoms with E-state index in [2.05, 4.69) is 0 Å². The molecule has 0 saturated carbocycles. The molecule has 2 amide bonds. The summed E-state index contributed by atoms with van der Waals surface area (Å²) in [6.45, 7) is 3.90. The molecule has 0 unspecified atom stereocenters. The van der Waals surface area contributed by atoms with Gasteiger partial charge in [0.1, 0.15) is 23.1 Å². The molecule has 1 aliphatic rings. The number of hydrogen-bond donors (Lipinski definition) is 0. The Balaban J connectivity index is 1.90. The van der Waals surface area contributed by atoms with E-state index in [0.717, 1.165) is 17.7 Å². The van der Waals surface area contributed by atoms with E-state index in [0.29, 0.717) is 34.6 Å². The second kappa shape index (κ2) is 10.2. The number of methoxy groups -OCH3 is 1. The lowest BCUT2D eigenvalue weighted by atomic mass is 9.93. The minimum absolute atomic E-state index is 0.00895. The van der Waals surface area contributed by atoms with Gasteiger partial charge >= 0.3 is 0 Å². The lowest BCUT2D eigenvalue weighted by Crippen LogP contribution is -2.43. The fraction of sp³-hybridized carbons (Fsp3) is 0.214. The van der Waals surface area contributed by atoms with Crippen molar-refractivity contribution in [3.05, 3.63) is 83.1 Å². The maximum Gasteiger partial charge on any atom is 0.271 e. The van der Waals surface area contributed by atoms with Gasteiger partial charge in [0.25, 0.3) is 11.8 Å². The summed E-state index contributed by atoms with van der Waals surface area (Å²) >= 11 is 0. The van der Waals surface area contributed by atoms with E-state index in [4.69, 9.17) is 9.84 Å². The molecule has 176 valence electrons. The fourth-order valence-electron chi connectivity index (χ4n) is 4.01. The predicted octanol–water partition coefficient (Wildman–Crippen LogP) is 4.94. The first-order chi connectivity index (χ1) is 17.0. The number of imide groups is 1. The van der Waals surface area contributed by atoms with Crippen LogP contribution < -0.4 is 4.74 Å². The lowest BCUT2D eigenvalue weighted by Gasteiger charge is -2.27. The van der Waals surface area contributed by atoms with Crippen LogP contribution in [0.2, 0.25) is 0 Å². The highest BCUT2D eigenvalue weighted by Crippen LogP contribution is 2.32. The van der Waals surface area contributed by atoms with E-state index in [1.54, 1.807) is 24.8 Å². The summed E-state index contributed by atoms with van der Waals surface area (Å²) in [4.78, 5) is 27.4. The van der Waals surface area contributed by atoms with Crippen LogP contribution in [0.4, 0.5) is 0 Å². The molecule has 0 bridgehead atoms. The molecule has 3 aromatic rings. The van der Waals surface area contributed by atoms with Gasteiger partial charge in [0, 0.05) is 29.4 Å². The quantitative estimate of drug-likeness (QED) is 0.364. The number of ether oxygens (including phenoxy) is 1. The third-order valence-electron chi connectivity index (χ3n) is 5.97. The third kappa shape index (κ3) is 4.64. The number of carbonyl (C=O) groups is 2. The maximum atomic E-state index is 13.4. The Morgan fingerprint density at radius 2 is 1.86 bits per heavy atom. The Bertz CT molecular complexity index is 1380. The number of nitrogens with zero attached hydrogens (tertiary/aromatic N) is 4. The number of rotatable bonds is 7. The van der Waals surface area contributed by atoms with E-state index >= 15 is 0 Å². The number of carbonyl (C=O) groups excluding carboxylic acids is 2. The summed E-state index contributed by atoms with van der Waals surface area (Å²) in [5.41, 5.74) is 3.69. The number of amides is 2. The molecule has 4 rings (SSSR count). The second-order valence-electron chi connectivity index (χ2n) is 8.23. The topological polar surface area (TPSA) is 88.2 Å². The number of unbranched alkanes of at least 4 members (excludes halogenated alkanes) is 1. The average Bonchev–Trinajstić information content (AvgIpc) is 3.31. The number of para-hydroxylation sites is 1. The van der Waals surface area contributed by atoms with Crippen LogP contribution in [0.3, 0.4) is 0 Å². The average molecular weight is 467 g/mol. The zero-order valence-electron chi connectivity index (χ0n) is 20.0. The van der Waals surface area contributed by atoms with Crippen molar-refractivity contribution < 1.29 is 14.3 Å². The van der Waals surface area contributed by atoms with Crippen molar-refractivity contribution >= 4 is 17.9 Å². The molecule has 0 fully saturated rings. The van der Waals surface area contributed by atoms with Gasteiger partial charge in [0.15, 0.2) is 0 Å². The maximum absolute atomic E-state index is 13.4. The molecule has 7 nitrogen and oxygen atoms in total. The van der Waals surface area contributed by atoms with Crippen LogP contribution >= 0.6 is 0 Å². The highest BCUT2D eigenvalue weighted by Gasteiger charge is 2.35. The predicted molar refractivity (Wildman–Crippen MR) is 133 cm³/mol. The first-order valence-corrected chi connectivity index (χ1v) is 11.5. The van der Waals surface area contributed by atoms with Crippen molar-refractivity contribution in [3.63, 3.8) is 0 Å². The summed E-state index contributed by atoms with van der Waals surface area (Å²) in [5.74, 6) is -0.249. The van der Waals surface area contributed by atoms with E-state index in [1.807, 2.05) is 73.8 Å². The van der Waals surface area contributed by atoms with Gasteiger partial charge < -0.3 is 4.74 Å². The van der Waals surface area contributed by atoms with Gasteiger partial charge in [-0.05, 0) is 49.3 Å². The van der Waals surface area contributed by atoms with Crippen molar-refractivity contribution in [1.29, 1.82) is 5.26 Å². The molecule has 1 aliphatic heterocycles. The van der Waals surface area contributed by atoms with Gasteiger partial charge in [-0.15, -0.1) is 0 Å². The summed E-state index contributed by atoms with van der Waals surface area (Å²) < 4.78 is 7.14. The summed E-state index contributed by atoms with van der Waals surface area (Å²) in [5, 5.41) is 14.5. The molecule has 2 aromatic carbocycles. The molecular formula is C28H26N4O3. The molecule has 0 N–H and O–H groups in total. The van der Waals surface area contributed by atoms with E-state index in [-0.39, 0.29) is 12.1 Å². The zero-order chi connectivity index (χ0) is 24.9. The van der Waals surface area contributed by atoms with Gasteiger partial charge in [0.2, 0.25) is 0 Å². The van der Waals surface area contributed by atoms with Crippen molar-refractivity contribution in [2.75, 3.05) is 13.7 Å². The number of benzene rings is 2. The molecule has 35 heavy (non-hydrogen) atoms. The zero-order valence-corrected chi connectivity index (χ0v) is 20.0. The van der Waals surface area contributed by atoms with Crippen LogP contribution in [0.25, 0.3) is 23.0 Å². The smallest absolute Gasteiger partial charge is 0.271 e. The normalized spacial score (nSPS) is 15.0. The monoisotopic (exact) mass is 466 g/mol. The van der Waals surface area contributed by atoms with Crippen molar-refractivity contribution in [2.45, 2.75) is 26.7 Å². The Kier molecular flexibility index (Phi) is 6.93. The Labute approximate surface area is 204 Å². The molecule has 0 saturated heterocycles. The first-order valence-electron chi connectivity index (χ1n) is 11.5. The highest BCUT2D eigenvalue weighted by atomic mass is 16.5. The largest absolute Gasteiger partial charge is 0.497 e. The molecule has 0 atom stereocenters. The van der Waals surface area contributed by atoms with Crippen LogP contribution in [0, 0.1) is 11.3 Å². The van der Waals surface area contributed by atoms with Crippen molar-refractivity contribution in [2.24, 2.45) is 0 Å². The standard InChI is InChI=1S/C28H26N4O3/c1-4-5-14-31-27(33)24(19(2)25(17-29)28(31)34)16-21-18-32(22-11-7-6-8-12-22)30-26(21)20-10-9-13-23(15-20)35-3/h6-13,15-16,18H,4-5,14H2,1-3H3/b24-16+. The highest BCUT2D eigenvalue weighted by molar-refractivity contribution is 6.19. The van der Waals surface area contributed by atoms with Crippen molar-refractivity contribution in [1.82, 2.24) is 14.7 Å². The third-order valence-corrected chi connectivity index (χ3v) is 5.97. The minimum atomic E-state index is -0.534. The molecule has 1 aromatic heterocycles. The lowest BCUT2D eigenvalue weighted by molar-refractivity contribution is -0.140. The molecule has 2 heterocycles. The molecular weight excluding hydrogens is 440 g/mol. The summed E-state index contributed by atoms with van der Waals surface area (Å²) in [6, 6.07) is 19.2. The van der Waals surface area contributed by atoms with Crippen LogP contribution in [-0.2, 0) is 9.59 Å².